The Hall–Kier alpha value is -1.97. The van der Waals surface area contributed by atoms with E-state index in [9.17, 15) is 0 Å². The van der Waals surface area contributed by atoms with Crippen molar-refractivity contribution in [3.8, 4) is 0 Å². The van der Waals surface area contributed by atoms with Gasteiger partial charge in [0.25, 0.3) is 0 Å². The van der Waals surface area contributed by atoms with E-state index in [0.29, 0.717) is 10.0 Å². The molecule has 0 radical (unpaired) electrons. The second kappa shape index (κ2) is 9.89. The van der Waals surface area contributed by atoms with Crippen molar-refractivity contribution >= 4 is 46.5 Å². The van der Waals surface area contributed by atoms with Crippen molar-refractivity contribution in [3.63, 3.8) is 0 Å². The average Bonchev–Trinajstić information content (AvgIpc) is 2.97. The van der Waals surface area contributed by atoms with Gasteiger partial charge in [-0.1, -0.05) is 77.3 Å². The summed E-state index contributed by atoms with van der Waals surface area (Å²) in [6, 6.07) is 23.0. The number of aromatic nitrogens is 1. The number of para-hydroxylation sites is 1. The lowest BCUT2D eigenvalue weighted by Crippen LogP contribution is -2.13. The van der Waals surface area contributed by atoms with Crippen LogP contribution in [0.15, 0.2) is 66.7 Å². The highest BCUT2D eigenvalue weighted by molar-refractivity contribution is 6.35. The summed E-state index contributed by atoms with van der Waals surface area (Å²) < 4.78 is 2.34. The molecule has 5 heteroatoms. The number of rotatable bonds is 6. The Morgan fingerprint density at radius 1 is 0.867 bits per heavy atom. The smallest absolute Gasteiger partial charge is 0.0493 e. The number of hydrogen-bond acceptors (Lipinski definition) is 1. The van der Waals surface area contributed by atoms with Crippen molar-refractivity contribution in [1.29, 1.82) is 0 Å². The Morgan fingerprint density at radius 2 is 1.60 bits per heavy atom. The molecule has 0 bridgehead atoms. The van der Waals surface area contributed by atoms with Gasteiger partial charge in [0.1, 0.15) is 0 Å². The summed E-state index contributed by atoms with van der Waals surface area (Å²) in [5.74, 6) is 0. The predicted molar refractivity (Wildman–Crippen MR) is 131 cm³/mol. The first-order chi connectivity index (χ1) is 14.0. The number of nitrogens with one attached hydrogen (secondary N) is 1. The predicted octanol–water partition coefficient (Wildman–Crippen LogP) is 7.32. The third-order valence-corrected chi connectivity index (χ3v) is 6.04. The van der Waals surface area contributed by atoms with Gasteiger partial charge in [0, 0.05) is 46.3 Å². The number of nitrogens with zero attached hydrogens (tertiary/aromatic N) is 1. The molecule has 1 N–H and O–H groups in total. The SMILES string of the molecule is Cc1ccc(CNCc2c(C)n(Cc3ccc(Cl)cc3Cl)c3ccccc23)cc1.Cl. The summed E-state index contributed by atoms with van der Waals surface area (Å²) in [4.78, 5) is 0. The fourth-order valence-electron chi connectivity index (χ4n) is 3.79. The van der Waals surface area contributed by atoms with E-state index in [4.69, 9.17) is 23.2 Å². The lowest BCUT2D eigenvalue weighted by molar-refractivity contribution is 0.686. The molecule has 0 aliphatic rings. The van der Waals surface area contributed by atoms with E-state index >= 15 is 0 Å². The lowest BCUT2D eigenvalue weighted by atomic mass is 10.1. The van der Waals surface area contributed by atoms with Crippen molar-refractivity contribution in [3.05, 3.63) is 105 Å². The molecule has 30 heavy (non-hydrogen) atoms. The average molecular weight is 460 g/mol. The lowest BCUT2D eigenvalue weighted by Gasteiger charge is -2.11. The quantitative estimate of drug-likeness (QED) is 0.319. The molecule has 0 saturated heterocycles. The van der Waals surface area contributed by atoms with Gasteiger partial charge in [-0.25, -0.2) is 0 Å². The van der Waals surface area contributed by atoms with Crippen LogP contribution < -0.4 is 5.32 Å². The Bertz CT molecular complexity index is 1150. The number of fused-ring (bicyclic) bond motifs is 1. The minimum Gasteiger partial charge on any atom is -0.340 e. The van der Waals surface area contributed by atoms with Gasteiger partial charge in [0.2, 0.25) is 0 Å². The molecule has 4 aromatic rings. The van der Waals surface area contributed by atoms with Crippen LogP contribution in [0.3, 0.4) is 0 Å². The molecule has 0 spiro atoms. The zero-order valence-electron chi connectivity index (χ0n) is 17.1. The van der Waals surface area contributed by atoms with Crippen LogP contribution in [0.4, 0.5) is 0 Å². The summed E-state index contributed by atoms with van der Waals surface area (Å²) in [6.45, 7) is 6.69. The summed E-state index contributed by atoms with van der Waals surface area (Å²) >= 11 is 12.5. The van der Waals surface area contributed by atoms with E-state index < -0.39 is 0 Å². The zero-order valence-corrected chi connectivity index (χ0v) is 19.4. The van der Waals surface area contributed by atoms with Gasteiger partial charge in [-0.3, -0.25) is 0 Å². The second-order valence-electron chi connectivity index (χ2n) is 7.49. The van der Waals surface area contributed by atoms with Crippen LogP contribution in [0.1, 0.15) is 27.9 Å². The minimum atomic E-state index is 0. The Morgan fingerprint density at radius 3 is 2.33 bits per heavy atom. The standard InChI is InChI=1S/C25H24Cl2N2.ClH/c1-17-7-9-19(10-8-17)14-28-15-23-18(2)29(25-6-4-3-5-22(23)25)16-20-11-12-21(26)13-24(20)27;/h3-13,28H,14-16H2,1-2H3;1H. The first kappa shape index (κ1) is 22.7. The van der Waals surface area contributed by atoms with Gasteiger partial charge >= 0.3 is 0 Å². The van der Waals surface area contributed by atoms with Crippen molar-refractivity contribution in [2.24, 2.45) is 0 Å². The minimum absolute atomic E-state index is 0. The third-order valence-electron chi connectivity index (χ3n) is 5.46. The highest BCUT2D eigenvalue weighted by Gasteiger charge is 2.14. The second-order valence-corrected chi connectivity index (χ2v) is 8.34. The summed E-state index contributed by atoms with van der Waals surface area (Å²) in [7, 11) is 0. The van der Waals surface area contributed by atoms with Crippen LogP contribution in [-0.2, 0) is 19.6 Å². The van der Waals surface area contributed by atoms with Gasteiger partial charge in [-0.05, 0) is 48.7 Å². The summed E-state index contributed by atoms with van der Waals surface area (Å²) in [6.07, 6.45) is 0. The molecule has 1 aromatic heterocycles. The fourth-order valence-corrected chi connectivity index (χ4v) is 4.26. The summed E-state index contributed by atoms with van der Waals surface area (Å²) in [5, 5.41) is 6.26. The molecule has 0 aliphatic carbocycles. The molecule has 3 aromatic carbocycles. The van der Waals surface area contributed by atoms with Crippen LogP contribution in [0.2, 0.25) is 10.0 Å². The van der Waals surface area contributed by atoms with Crippen molar-refractivity contribution < 1.29 is 0 Å². The molecule has 0 amide bonds. The van der Waals surface area contributed by atoms with E-state index in [1.807, 2.05) is 18.2 Å². The van der Waals surface area contributed by atoms with Crippen LogP contribution in [0.25, 0.3) is 10.9 Å². The van der Waals surface area contributed by atoms with E-state index in [2.05, 4.69) is 72.3 Å². The highest BCUT2D eigenvalue weighted by atomic mass is 35.5. The first-order valence-corrected chi connectivity index (χ1v) is 10.6. The maximum Gasteiger partial charge on any atom is 0.0493 e. The Labute approximate surface area is 194 Å². The Balaban J connectivity index is 0.00000256. The molecule has 0 aliphatic heterocycles. The maximum absolute atomic E-state index is 6.44. The third kappa shape index (κ3) is 4.84. The van der Waals surface area contributed by atoms with Gasteiger partial charge < -0.3 is 9.88 Å². The fraction of sp³-hybridized carbons (Fsp3) is 0.200. The molecule has 1 heterocycles. The van der Waals surface area contributed by atoms with E-state index in [-0.39, 0.29) is 12.4 Å². The van der Waals surface area contributed by atoms with Crippen LogP contribution in [0, 0.1) is 13.8 Å². The van der Waals surface area contributed by atoms with E-state index in [0.717, 1.165) is 25.2 Å². The first-order valence-electron chi connectivity index (χ1n) is 9.80. The van der Waals surface area contributed by atoms with Crippen molar-refractivity contribution in [2.45, 2.75) is 33.5 Å². The molecule has 0 fully saturated rings. The Kier molecular flexibility index (Phi) is 7.49. The van der Waals surface area contributed by atoms with Crippen LogP contribution in [0.5, 0.6) is 0 Å². The molecule has 156 valence electrons. The van der Waals surface area contributed by atoms with Gasteiger partial charge in [-0.15, -0.1) is 12.4 Å². The van der Waals surface area contributed by atoms with Gasteiger partial charge in [-0.2, -0.15) is 0 Å². The molecule has 4 rings (SSSR count). The zero-order chi connectivity index (χ0) is 20.4. The molecule has 0 unspecified atom stereocenters. The van der Waals surface area contributed by atoms with E-state index in [1.54, 1.807) is 0 Å². The molecule has 2 nitrogen and oxygen atoms in total. The van der Waals surface area contributed by atoms with E-state index in [1.165, 1.54) is 33.3 Å². The van der Waals surface area contributed by atoms with Crippen LogP contribution in [-0.4, -0.2) is 4.57 Å². The normalized spacial score (nSPS) is 10.9. The monoisotopic (exact) mass is 458 g/mol. The number of benzene rings is 3. The summed E-state index contributed by atoms with van der Waals surface area (Å²) in [5.41, 5.74) is 7.46. The number of hydrogen-bond donors (Lipinski definition) is 1. The number of halogens is 3. The molecule has 0 saturated carbocycles. The topological polar surface area (TPSA) is 17.0 Å². The van der Waals surface area contributed by atoms with Gasteiger partial charge in [0.05, 0.1) is 0 Å². The van der Waals surface area contributed by atoms with Crippen molar-refractivity contribution in [1.82, 2.24) is 9.88 Å². The molecular weight excluding hydrogens is 435 g/mol. The van der Waals surface area contributed by atoms with Crippen LogP contribution >= 0.6 is 35.6 Å². The maximum atomic E-state index is 6.44. The van der Waals surface area contributed by atoms with Gasteiger partial charge in [0.15, 0.2) is 0 Å². The molecule has 0 atom stereocenters. The largest absolute Gasteiger partial charge is 0.340 e. The molecular formula is C25H25Cl3N2. The highest BCUT2D eigenvalue weighted by Crippen LogP contribution is 2.29. The number of aryl methyl sites for hydroxylation is 1. The van der Waals surface area contributed by atoms with Crippen molar-refractivity contribution in [2.75, 3.05) is 0 Å².